The van der Waals surface area contributed by atoms with E-state index in [2.05, 4.69) is 25.6 Å². The molecular formula is C32H30ClF2N7O4S2. The minimum absolute atomic E-state index is 0.000906. The van der Waals surface area contributed by atoms with E-state index in [1.54, 1.807) is 39.3 Å². The minimum Gasteiger partial charge on any atom is -0.493 e. The summed E-state index contributed by atoms with van der Waals surface area (Å²) in [6.07, 6.45) is 2.39. The summed E-state index contributed by atoms with van der Waals surface area (Å²) < 4.78 is 43.2. The Morgan fingerprint density at radius 2 is 2.00 bits per heavy atom. The predicted octanol–water partition coefficient (Wildman–Crippen LogP) is 7.80. The minimum atomic E-state index is -0.959. The van der Waals surface area contributed by atoms with Gasteiger partial charge in [0.25, 0.3) is 0 Å². The standard InChI is InChI=1S/C32H30ClF2N7O4S2/c1-14(15-7-6-10-39-27(15)37)38-11-12-45-25-21-24(40-30(47-5)41-28(21)43)23(35)20(22(25)33)16-8-9-18(34)26-19(16)17(13-36)29(48-26)42-31(44)46-32(2,3)4/h6-10,14,38H,11-12H2,1-5H3,(H2,37,39)(H,42,44)(H,40,41,43)/t14-/m1/s1. The number of halogens is 3. The van der Waals surface area contributed by atoms with Gasteiger partial charge in [0, 0.05) is 35.3 Å². The number of carbonyl (C=O) groups excluding carboxylic acids is 1. The number of hydrogen-bond donors (Lipinski definition) is 4. The number of nitrogens with one attached hydrogen (secondary N) is 2. The first-order valence-electron chi connectivity index (χ1n) is 14.4. The Morgan fingerprint density at radius 3 is 2.67 bits per heavy atom. The van der Waals surface area contributed by atoms with Crippen molar-refractivity contribution < 1.29 is 28.2 Å². The van der Waals surface area contributed by atoms with Gasteiger partial charge >= 0.3 is 6.09 Å². The number of anilines is 2. The molecule has 3 heterocycles. The summed E-state index contributed by atoms with van der Waals surface area (Å²) in [5, 5.41) is 26.5. The highest BCUT2D eigenvalue weighted by molar-refractivity contribution is 7.98. The fourth-order valence-corrected chi connectivity index (χ4v) is 6.77. The highest BCUT2D eigenvalue weighted by Gasteiger charge is 2.30. The molecule has 5 N–H and O–H groups in total. The fourth-order valence-electron chi connectivity index (χ4n) is 5.00. The molecule has 0 unspecified atom stereocenters. The van der Waals surface area contributed by atoms with Crippen molar-refractivity contribution in [3.05, 3.63) is 58.2 Å². The van der Waals surface area contributed by atoms with Gasteiger partial charge in [-0.25, -0.2) is 23.5 Å². The van der Waals surface area contributed by atoms with E-state index in [0.717, 1.165) is 34.7 Å². The van der Waals surface area contributed by atoms with E-state index in [-0.39, 0.29) is 77.8 Å². The molecule has 2 aromatic carbocycles. The second kappa shape index (κ2) is 13.9. The number of aromatic hydroxyl groups is 1. The Labute approximate surface area is 287 Å². The molecule has 3 aromatic heterocycles. The smallest absolute Gasteiger partial charge is 0.412 e. The molecule has 16 heteroatoms. The topological polar surface area (TPSA) is 168 Å². The summed E-state index contributed by atoms with van der Waals surface area (Å²) in [4.78, 5) is 25.0. The molecule has 250 valence electrons. The lowest BCUT2D eigenvalue weighted by atomic mass is 9.96. The van der Waals surface area contributed by atoms with Crippen molar-refractivity contribution in [3.8, 4) is 28.8 Å². The highest BCUT2D eigenvalue weighted by atomic mass is 35.5. The molecule has 1 amide bonds. The SMILES string of the molecule is CSc1nc(O)c2c(OCCN[C@H](C)c3cccnc3N)c(Cl)c(-c3ccc(F)c4sc(NC(=O)OC(C)(C)C)c(C#N)c34)c(F)c2n1. The van der Waals surface area contributed by atoms with Crippen molar-refractivity contribution in [2.75, 3.05) is 30.5 Å². The van der Waals surface area contributed by atoms with Crippen LogP contribution < -0.4 is 21.1 Å². The van der Waals surface area contributed by atoms with Crippen LogP contribution in [0.5, 0.6) is 11.6 Å². The molecule has 0 saturated carbocycles. The van der Waals surface area contributed by atoms with Gasteiger partial charge < -0.3 is 25.6 Å². The number of nitrogen functional groups attached to an aromatic ring is 1. The van der Waals surface area contributed by atoms with E-state index in [1.165, 1.54) is 6.07 Å². The van der Waals surface area contributed by atoms with Crippen molar-refractivity contribution in [2.45, 2.75) is 44.5 Å². The second-order valence-electron chi connectivity index (χ2n) is 11.4. The van der Waals surface area contributed by atoms with Crippen LogP contribution in [0.2, 0.25) is 5.02 Å². The van der Waals surface area contributed by atoms with Crippen LogP contribution in [-0.2, 0) is 4.74 Å². The number of ether oxygens (including phenoxy) is 2. The molecule has 0 aliphatic heterocycles. The molecule has 5 rings (SSSR count). The van der Waals surface area contributed by atoms with E-state index >= 15 is 8.78 Å². The van der Waals surface area contributed by atoms with Crippen LogP contribution in [0.1, 0.15) is 44.9 Å². The Morgan fingerprint density at radius 1 is 1.25 bits per heavy atom. The number of rotatable bonds is 9. The molecule has 0 fully saturated rings. The summed E-state index contributed by atoms with van der Waals surface area (Å²) in [5.41, 5.74) is 5.29. The third-order valence-corrected chi connectivity index (χ3v) is 9.07. The van der Waals surface area contributed by atoms with Gasteiger partial charge in [-0.1, -0.05) is 35.5 Å². The number of thioether (sulfide) groups is 1. The Hall–Kier alpha value is -4.49. The number of nitriles is 1. The fraction of sp³-hybridized carbons (Fsp3) is 0.281. The van der Waals surface area contributed by atoms with Crippen LogP contribution in [0.3, 0.4) is 0 Å². The molecule has 0 spiro atoms. The molecule has 0 radical (unpaired) electrons. The number of nitrogens with zero attached hydrogens (tertiary/aromatic N) is 4. The van der Waals surface area contributed by atoms with Crippen molar-refractivity contribution in [3.63, 3.8) is 0 Å². The molecule has 5 aromatic rings. The number of benzene rings is 2. The number of hydrogen-bond acceptors (Lipinski definition) is 12. The van der Waals surface area contributed by atoms with Crippen LogP contribution in [0.15, 0.2) is 35.6 Å². The van der Waals surface area contributed by atoms with Crippen LogP contribution in [-0.4, -0.2) is 51.2 Å². The zero-order chi connectivity index (χ0) is 34.9. The Balaban J connectivity index is 1.63. The lowest BCUT2D eigenvalue weighted by Gasteiger charge is -2.19. The van der Waals surface area contributed by atoms with Gasteiger partial charge in [-0.15, -0.1) is 11.3 Å². The van der Waals surface area contributed by atoms with Gasteiger partial charge in [-0.2, -0.15) is 10.2 Å². The summed E-state index contributed by atoms with van der Waals surface area (Å²) in [7, 11) is 0. The van der Waals surface area contributed by atoms with Crippen LogP contribution in [0.25, 0.3) is 32.1 Å². The van der Waals surface area contributed by atoms with Crippen molar-refractivity contribution in [2.24, 2.45) is 0 Å². The number of thiophene rings is 1. The quantitative estimate of drug-likeness (QED) is 0.0668. The first kappa shape index (κ1) is 34.8. The van der Waals surface area contributed by atoms with Gasteiger partial charge in [0.2, 0.25) is 5.88 Å². The third-order valence-electron chi connectivity index (χ3n) is 7.05. The number of pyridine rings is 1. The number of carbonyl (C=O) groups is 1. The first-order chi connectivity index (χ1) is 22.7. The molecule has 0 saturated heterocycles. The Bertz CT molecular complexity index is 2100. The molecule has 0 aliphatic rings. The molecular weight excluding hydrogens is 684 g/mol. The summed E-state index contributed by atoms with van der Waals surface area (Å²) in [6.45, 7) is 7.17. The molecule has 0 aliphatic carbocycles. The van der Waals surface area contributed by atoms with Gasteiger partial charge in [0.05, 0.1) is 15.3 Å². The predicted molar refractivity (Wildman–Crippen MR) is 184 cm³/mol. The van der Waals surface area contributed by atoms with E-state index in [9.17, 15) is 15.2 Å². The van der Waals surface area contributed by atoms with Crippen molar-refractivity contribution in [1.82, 2.24) is 20.3 Å². The molecule has 11 nitrogen and oxygen atoms in total. The first-order valence-corrected chi connectivity index (χ1v) is 16.8. The normalized spacial score (nSPS) is 12.2. The summed E-state index contributed by atoms with van der Waals surface area (Å²) in [6, 6.07) is 7.80. The highest BCUT2D eigenvalue weighted by Crippen LogP contribution is 2.50. The average Bonchev–Trinajstić information content (AvgIpc) is 3.39. The van der Waals surface area contributed by atoms with Gasteiger partial charge in [-0.3, -0.25) is 5.32 Å². The maximum absolute atomic E-state index is 16.6. The van der Waals surface area contributed by atoms with Crippen molar-refractivity contribution >= 4 is 72.6 Å². The maximum atomic E-state index is 16.6. The number of nitrogens with two attached hydrogens (primary N) is 1. The Kier molecular flexibility index (Phi) is 10.1. The molecule has 48 heavy (non-hydrogen) atoms. The zero-order valence-electron chi connectivity index (χ0n) is 26.4. The van der Waals surface area contributed by atoms with Crippen LogP contribution in [0, 0.1) is 23.0 Å². The third kappa shape index (κ3) is 6.88. The largest absolute Gasteiger partial charge is 0.493 e. The van der Waals surface area contributed by atoms with Crippen LogP contribution in [0.4, 0.5) is 24.4 Å². The summed E-state index contributed by atoms with van der Waals surface area (Å²) >= 11 is 8.75. The summed E-state index contributed by atoms with van der Waals surface area (Å²) in [5.74, 6) is -1.97. The van der Waals surface area contributed by atoms with E-state index in [4.69, 9.17) is 26.8 Å². The maximum Gasteiger partial charge on any atom is 0.412 e. The second-order valence-corrected chi connectivity index (χ2v) is 13.6. The van der Waals surface area contributed by atoms with Crippen molar-refractivity contribution in [1.29, 1.82) is 5.26 Å². The monoisotopic (exact) mass is 713 g/mol. The van der Waals surface area contributed by atoms with Gasteiger partial charge in [-0.05, 0) is 51.6 Å². The molecule has 0 bridgehead atoms. The van der Waals surface area contributed by atoms with E-state index in [1.807, 2.05) is 19.1 Å². The lowest BCUT2D eigenvalue weighted by molar-refractivity contribution is 0.0636. The van der Waals surface area contributed by atoms with Crippen LogP contribution >= 0.6 is 34.7 Å². The molecule has 1 atom stereocenters. The lowest BCUT2D eigenvalue weighted by Crippen LogP contribution is -2.27. The van der Waals surface area contributed by atoms with Gasteiger partial charge in [0.1, 0.15) is 45.8 Å². The van der Waals surface area contributed by atoms with E-state index in [0.29, 0.717) is 5.82 Å². The zero-order valence-corrected chi connectivity index (χ0v) is 28.8. The van der Waals surface area contributed by atoms with E-state index < -0.39 is 29.2 Å². The number of amides is 1. The number of fused-ring (bicyclic) bond motifs is 2. The number of aromatic nitrogens is 3. The average molecular weight is 714 g/mol. The van der Waals surface area contributed by atoms with Gasteiger partial charge in [0.15, 0.2) is 16.7 Å².